The van der Waals surface area contributed by atoms with Crippen LogP contribution in [0.2, 0.25) is 0 Å². The van der Waals surface area contributed by atoms with Crippen molar-refractivity contribution in [1.29, 1.82) is 0 Å². The van der Waals surface area contributed by atoms with Gasteiger partial charge in [0, 0.05) is 0 Å². The van der Waals surface area contributed by atoms with Crippen LogP contribution < -0.4 is 0 Å². The third kappa shape index (κ3) is 120. The van der Waals surface area contributed by atoms with Crippen LogP contribution in [0.1, 0.15) is 0 Å². The first-order valence-corrected chi connectivity index (χ1v) is 0. The summed E-state index contributed by atoms with van der Waals surface area (Å²) < 4.78 is 0. The second kappa shape index (κ2) is 150. The monoisotopic (exact) mass is 442 g/mol. The Morgan fingerprint density at radius 2 is 0.333 bits per heavy atom. The molecule has 0 amide bonds. The molecule has 0 aromatic carbocycles. The average molecular weight is 437 g/mol. The Bertz CT molecular complexity index is 13.8. The molecule has 0 saturated heterocycles. The van der Waals surface area contributed by atoms with E-state index in [0.717, 1.165) is 0 Å². The van der Waals surface area contributed by atoms with E-state index in [-0.39, 0.29) is 116 Å². The van der Waals surface area contributed by atoms with Gasteiger partial charge in [-0.1, -0.05) is 0 Å². The van der Waals surface area contributed by atoms with Gasteiger partial charge in [0.05, 0.1) is 0 Å². The summed E-state index contributed by atoms with van der Waals surface area (Å²) in [6, 6.07) is 0. The molecule has 8 N–H and O–H groups in total. The van der Waals surface area contributed by atoms with Crippen LogP contribution in [0, 0.1) is 0 Å². The van der Waals surface area contributed by atoms with Gasteiger partial charge >= 0.3 is 81.9 Å². The number of hydrogen-bond donors (Lipinski definition) is 0. The molecule has 0 aromatic rings. The van der Waals surface area contributed by atoms with Gasteiger partial charge in [-0.3, -0.25) is 0 Å². The minimum Gasteiger partial charge on any atom is -3.00 e. The fraction of sp³-hybridized carbons (Fsp3) is 0. The topological polar surface area (TPSA) is 187 Å². The standard InChI is InChI=1S/3Cd.2N.4H2O/h;;;;;4*1H2/q3*+2;2*-3;;;;. The van der Waals surface area contributed by atoms with Crippen LogP contribution in [0.4, 0.5) is 0 Å². The smallest absolute Gasteiger partial charge is 2.00 e. The molecule has 9 heteroatoms. The SMILES string of the molecule is O.O.O.O.[Cd+2].[Cd+2].[Cd+2].[N-3].[N-3]. The molecule has 0 aliphatic carbocycles. The second-order valence-electron chi connectivity index (χ2n) is 0. The Morgan fingerprint density at radius 3 is 0.333 bits per heavy atom. The Hall–Kier alpha value is 2.53. The summed E-state index contributed by atoms with van der Waals surface area (Å²) in [6.45, 7) is 0. The molecule has 0 rings (SSSR count). The molecule has 0 bridgehead atoms. The van der Waals surface area contributed by atoms with Crippen LogP contribution in [-0.2, 0) is 81.9 Å². The Labute approximate surface area is 114 Å². The fourth-order valence-electron chi connectivity index (χ4n) is 0. The van der Waals surface area contributed by atoms with E-state index >= 15 is 0 Å². The minimum absolute atomic E-state index is 0. The molecule has 0 radical (unpaired) electrons. The number of nitrogens with zero attached hydrogens (tertiary/aromatic N) is 2. The molecular formula is H8Cd3N2O4. The van der Waals surface area contributed by atoms with Crippen molar-refractivity contribution in [3.8, 4) is 0 Å². The zero-order valence-corrected chi connectivity index (χ0v) is 17.1. The van der Waals surface area contributed by atoms with Crippen molar-refractivity contribution in [1.82, 2.24) is 0 Å². The second-order valence-corrected chi connectivity index (χ2v) is 0. The summed E-state index contributed by atoms with van der Waals surface area (Å²) in [5, 5.41) is 0. The zero-order chi connectivity index (χ0) is 0. The van der Waals surface area contributed by atoms with E-state index in [2.05, 4.69) is 0 Å². The third-order valence-corrected chi connectivity index (χ3v) is 0. The Kier molecular flexibility index (Phi) is 3330. The molecule has 0 aliphatic heterocycles. The summed E-state index contributed by atoms with van der Waals surface area (Å²) in [6.07, 6.45) is 0. The molecule has 0 atom stereocenters. The molecule has 0 spiro atoms. The van der Waals surface area contributed by atoms with Crippen LogP contribution in [0.3, 0.4) is 0 Å². The van der Waals surface area contributed by atoms with E-state index in [9.17, 15) is 0 Å². The molecule has 0 aromatic heterocycles. The summed E-state index contributed by atoms with van der Waals surface area (Å²) in [5.74, 6) is 0. The fourth-order valence-corrected chi connectivity index (χ4v) is 0. The maximum absolute atomic E-state index is 0. The number of hydrogen-bond acceptors (Lipinski definition) is 0. The van der Waals surface area contributed by atoms with Gasteiger partial charge in [-0.05, 0) is 0 Å². The molecule has 9 heavy (non-hydrogen) atoms. The first kappa shape index (κ1) is 200. The van der Waals surface area contributed by atoms with Gasteiger partial charge in [-0.2, -0.15) is 0 Å². The van der Waals surface area contributed by atoms with E-state index in [1.165, 1.54) is 0 Å². The van der Waals surface area contributed by atoms with Gasteiger partial charge in [0.1, 0.15) is 0 Å². The van der Waals surface area contributed by atoms with Gasteiger partial charge in [-0.25, -0.2) is 0 Å². The first-order valence-electron chi connectivity index (χ1n) is 0. The van der Waals surface area contributed by atoms with E-state index < -0.39 is 0 Å². The predicted molar refractivity (Wildman–Crippen MR) is 21.2 cm³/mol. The van der Waals surface area contributed by atoms with Crippen molar-refractivity contribution in [2.75, 3.05) is 0 Å². The van der Waals surface area contributed by atoms with Crippen molar-refractivity contribution in [2.24, 2.45) is 0 Å². The van der Waals surface area contributed by atoms with Gasteiger partial charge in [0.25, 0.3) is 0 Å². The van der Waals surface area contributed by atoms with E-state index in [0.29, 0.717) is 0 Å². The zero-order valence-electron chi connectivity index (χ0n) is 5.02. The first-order chi connectivity index (χ1) is 0. The summed E-state index contributed by atoms with van der Waals surface area (Å²) in [5.41, 5.74) is 0. The third-order valence-electron chi connectivity index (χ3n) is 0. The van der Waals surface area contributed by atoms with Crippen LogP contribution in [0.15, 0.2) is 0 Å². The predicted octanol–water partition coefficient (Wildman–Crippen LogP) is -2.73. The van der Waals surface area contributed by atoms with Gasteiger partial charge in [0.15, 0.2) is 0 Å². The molecular weight excluding hydrogens is 429 g/mol. The van der Waals surface area contributed by atoms with Crippen molar-refractivity contribution in [3.05, 3.63) is 12.3 Å². The molecule has 0 unspecified atom stereocenters. The number of rotatable bonds is 0. The maximum atomic E-state index is 0. The quantitative estimate of drug-likeness (QED) is 0.356. The van der Waals surface area contributed by atoms with Gasteiger partial charge < -0.3 is 34.2 Å². The van der Waals surface area contributed by atoms with E-state index in [1.807, 2.05) is 0 Å². The molecule has 0 fully saturated rings. The van der Waals surface area contributed by atoms with Crippen LogP contribution >= 0.6 is 0 Å². The molecule has 48 valence electrons. The van der Waals surface area contributed by atoms with Crippen LogP contribution in [0.5, 0.6) is 0 Å². The van der Waals surface area contributed by atoms with E-state index in [1.54, 1.807) is 0 Å². The molecule has 0 heterocycles. The van der Waals surface area contributed by atoms with Crippen molar-refractivity contribution in [2.45, 2.75) is 0 Å². The molecule has 0 saturated carbocycles. The summed E-state index contributed by atoms with van der Waals surface area (Å²) >= 11 is 0. The molecule has 6 nitrogen and oxygen atoms in total. The van der Waals surface area contributed by atoms with Crippen molar-refractivity contribution >= 4 is 0 Å². The Morgan fingerprint density at radius 1 is 0.333 bits per heavy atom. The van der Waals surface area contributed by atoms with Crippen LogP contribution in [0.25, 0.3) is 12.3 Å². The Balaban J connectivity index is 0. The van der Waals surface area contributed by atoms with E-state index in [4.69, 9.17) is 0 Å². The maximum Gasteiger partial charge on any atom is 2.00 e. The van der Waals surface area contributed by atoms with Gasteiger partial charge in [-0.15, -0.1) is 0 Å². The minimum atomic E-state index is 0. The van der Waals surface area contributed by atoms with Crippen LogP contribution in [-0.4, -0.2) is 21.9 Å². The van der Waals surface area contributed by atoms with Crippen molar-refractivity contribution < 1.29 is 104 Å². The summed E-state index contributed by atoms with van der Waals surface area (Å²) in [4.78, 5) is 0. The molecule has 0 aliphatic rings. The normalized spacial score (nSPS) is 0. The van der Waals surface area contributed by atoms with Crippen molar-refractivity contribution in [3.63, 3.8) is 0 Å². The largest absolute Gasteiger partial charge is 3.00 e. The van der Waals surface area contributed by atoms with Gasteiger partial charge in [0.2, 0.25) is 0 Å². The summed E-state index contributed by atoms with van der Waals surface area (Å²) in [7, 11) is 0. The average Bonchev–Trinajstić information content (AvgIpc) is 0.